The van der Waals surface area contributed by atoms with Crippen LogP contribution in [0.1, 0.15) is 37.7 Å². The van der Waals surface area contributed by atoms with E-state index in [-0.39, 0.29) is 0 Å². The van der Waals surface area contributed by atoms with Gasteiger partial charge < -0.3 is 4.90 Å². The summed E-state index contributed by atoms with van der Waals surface area (Å²) in [4.78, 5) is 5.44. The third kappa shape index (κ3) is 4.22. The average Bonchev–Trinajstić information content (AvgIpc) is 2.71. The number of sulfone groups is 1. The van der Waals surface area contributed by atoms with Crippen molar-refractivity contribution in [2.24, 2.45) is 0 Å². The molecule has 0 spiro atoms. The summed E-state index contributed by atoms with van der Waals surface area (Å²) in [5, 5.41) is 0. The third-order valence-electron chi connectivity index (χ3n) is 6.73. The zero-order chi connectivity index (χ0) is 20.3. The first kappa shape index (κ1) is 20.4. The van der Waals surface area contributed by atoms with Crippen molar-refractivity contribution in [1.82, 2.24) is 4.90 Å². The first-order chi connectivity index (χ1) is 14.0. The van der Waals surface area contributed by atoms with Gasteiger partial charge in [0.15, 0.2) is 9.84 Å². The summed E-state index contributed by atoms with van der Waals surface area (Å²) in [5.74, 6) is 0. The maximum absolute atomic E-state index is 13.2. The Morgan fingerprint density at radius 1 is 0.931 bits per heavy atom. The van der Waals surface area contributed by atoms with Gasteiger partial charge in [-0.2, -0.15) is 0 Å². The highest BCUT2D eigenvalue weighted by Crippen LogP contribution is 2.46. The van der Waals surface area contributed by atoms with E-state index in [9.17, 15) is 8.42 Å². The second-order valence-corrected chi connectivity index (χ2v) is 11.0. The lowest BCUT2D eigenvalue weighted by Crippen LogP contribution is -2.48. The van der Waals surface area contributed by atoms with E-state index < -0.39 is 14.6 Å². The van der Waals surface area contributed by atoms with Crippen LogP contribution in [0.15, 0.2) is 59.5 Å². The van der Waals surface area contributed by atoms with E-state index in [2.05, 4.69) is 41.0 Å². The van der Waals surface area contributed by atoms with Gasteiger partial charge in [0.2, 0.25) is 0 Å². The van der Waals surface area contributed by atoms with Crippen molar-refractivity contribution in [3.63, 3.8) is 0 Å². The highest BCUT2D eigenvalue weighted by Gasteiger charge is 2.48. The van der Waals surface area contributed by atoms with Gasteiger partial charge in [-0.25, -0.2) is 8.42 Å². The Kier molecular flexibility index (Phi) is 5.98. The van der Waals surface area contributed by atoms with Crippen molar-refractivity contribution in [2.45, 2.75) is 48.7 Å². The second-order valence-electron chi connectivity index (χ2n) is 8.62. The molecule has 0 bridgehead atoms. The molecule has 0 radical (unpaired) electrons. The lowest BCUT2D eigenvalue weighted by Gasteiger charge is -2.42. The van der Waals surface area contributed by atoms with E-state index in [1.165, 1.54) is 11.3 Å². The maximum atomic E-state index is 13.2. The molecule has 1 aliphatic carbocycles. The van der Waals surface area contributed by atoms with Gasteiger partial charge in [0, 0.05) is 31.9 Å². The molecule has 1 heterocycles. The molecule has 4 nitrogen and oxygen atoms in total. The molecule has 1 saturated carbocycles. The van der Waals surface area contributed by atoms with E-state index in [4.69, 9.17) is 0 Å². The van der Waals surface area contributed by atoms with E-state index in [1.54, 1.807) is 12.1 Å². The Morgan fingerprint density at radius 2 is 1.66 bits per heavy atom. The summed E-state index contributed by atoms with van der Waals surface area (Å²) in [7, 11) is -3.24. The predicted molar refractivity (Wildman–Crippen MR) is 119 cm³/mol. The fraction of sp³-hybridized carbons (Fsp3) is 0.500. The van der Waals surface area contributed by atoms with Crippen molar-refractivity contribution in [2.75, 3.05) is 37.6 Å². The van der Waals surface area contributed by atoms with Crippen LogP contribution in [0.3, 0.4) is 0 Å². The number of nitrogens with zero attached hydrogens (tertiary/aromatic N) is 2. The monoisotopic (exact) mass is 412 g/mol. The molecule has 1 saturated heterocycles. The molecule has 0 N–H and O–H groups in total. The van der Waals surface area contributed by atoms with Crippen LogP contribution in [0, 0.1) is 6.92 Å². The molecule has 2 aliphatic rings. The van der Waals surface area contributed by atoms with Crippen molar-refractivity contribution in [1.29, 1.82) is 0 Å². The van der Waals surface area contributed by atoms with Crippen LogP contribution >= 0.6 is 0 Å². The molecule has 2 fully saturated rings. The quantitative estimate of drug-likeness (QED) is 0.680. The summed E-state index contributed by atoms with van der Waals surface area (Å²) < 4.78 is 25.9. The average molecular weight is 413 g/mol. The molecule has 0 atom stereocenters. The minimum Gasteiger partial charge on any atom is -0.369 e. The van der Waals surface area contributed by atoms with E-state index >= 15 is 0 Å². The zero-order valence-electron chi connectivity index (χ0n) is 17.4. The van der Waals surface area contributed by atoms with Gasteiger partial charge in [-0.1, -0.05) is 36.8 Å². The zero-order valence-corrected chi connectivity index (χ0v) is 18.2. The van der Waals surface area contributed by atoms with Gasteiger partial charge in [-0.05, 0) is 69.0 Å². The molecule has 0 unspecified atom stereocenters. The lowest BCUT2D eigenvalue weighted by molar-refractivity contribution is 0.234. The Balaban J connectivity index is 1.30. The smallest absolute Gasteiger partial charge is 0.184 e. The predicted octanol–water partition coefficient (Wildman–Crippen LogP) is 4.29. The Hall–Kier alpha value is -1.85. The van der Waals surface area contributed by atoms with Gasteiger partial charge in [-0.15, -0.1) is 0 Å². The number of aryl methyl sites for hydroxylation is 1. The highest BCUT2D eigenvalue weighted by molar-refractivity contribution is 7.93. The van der Waals surface area contributed by atoms with Crippen LogP contribution in [-0.4, -0.2) is 50.8 Å². The number of piperazine rings is 1. The third-order valence-corrected chi connectivity index (χ3v) is 9.38. The van der Waals surface area contributed by atoms with Crippen LogP contribution < -0.4 is 4.90 Å². The summed E-state index contributed by atoms with van der Waals surface area (Å²) >= 11 is 0. The number of hydrogen-bond donors (Lipinski definition) is 0. The normalized spacial score (nSPS) is 19.7. The van der Waals surface area contributed by atoms with Gasteiger partial charge in [0.25, 0.3) is 0 Å². The largest absolute Gasteiger partial charge is 0.369 e. The van der Waals surface area contributed by atoms with Crippen LogP contribution in [0.25, 0.3) is 0 Å². The summed E-state index contributed by atoms with van der Waals surface area (Å²) in [6.45, 7) is 7.31. The van der Waals surface area contributed by atoms with Crippen LogP contribution in [0.2, 0.25) is 0 Å². The molecule has 1 aliphatic heterocycles. The highest BCUT2D eigenvalue weighted by atomic mass is 32.2. The van der Waals surface area contributed by atoms with Crippen molar-refractivity contribution >= 4 is 15.5 Å². The minimum absolute atomic E-state index is 0.492. The van der Waals surface area contributed by atoms with E-state index in [1.807, 2.05) is 18.2 Å². The minimum atomic E-state index is -3.24. The first-order valence-corrected chi connectivity index (χ1v) is 12.3. The molecule has 0 amide bonds. The van der Waals surface area contributed by atoms with Gasteiger partial charge in [0.1, 0.15) is 0 Å². The Morgan fingerprint density at radius 3 is 2.28 bits per heavy atom. The van der Waals surface area contributed by atoms with Crippen LogP contribution in [-0.2, 0) is 9.84 Å². The molecule has 2 aromatic carbocycles. The second kappa shape index (κ2) is 8.49. The number of anilines is 1. The Bertz CT molecular complexity index is 915. The molecule has 0 aromatic heterocycles. The van der Waals surface area contributed by atoms with Gasteiger partial charge >= 0.3 is 0 Å². The molecule has 5 heteroatoms. The fourth-order valence-corrected chi connectivity index (χ4v) is 7.01. The van der Waals surface area contributed by atoms with E-state index in [0.717, 1.165) is 64.8 Å². The number of hydrogen-bond acceptors (Lipinski definition) is 4. The van der Waals surface area contributed by atoms with Crippen LogP contribution in [0.4, 0.5) is 5.69 Å². The van der Waals surface area contributed by atoms with E-state index in [0.29, 0.717) is 4.90 Å². The first-order valence-electron chi connectivity index (χ1n) is 10.8. The van der Waals surface area contributed by atoms with Crippen LogP contribution in [0.5, 0.6) is 0 Å². The molecular weight excluding hydrogens is 380 g/mol. The molecule has 2 aromatic rings. The maximum Gasteiger partial charge on any atom is 0.184 e. The summed E-state index contributed by atoms with van der Waals surface area (Å²) in [6.07, 6.45) is 4.39. The fourth-order valence-electron chi connectivity index (χ4n) is 4.75. The molecule has 29 heavy (non-hydrogen) atoms. The topological polar surface area (TPSA) is 40.6 Å². The molecule has 4 rings (SSSR count). The Labute approximate surface area is 175 Å². The van der Waals surface area contributed by atoms with Crippen molar-refractivity contribution in [3.8, 4) is 0 Å². The number of rotatable bonds is 7. The summed E-state index contributed by atoms with van der Waals surface area (Å²) in [6, 6.07) is 17.7. The van der Waals surface area contributed by atoms with Gasteiger partial charge in [0.05, 0.1) is 9.64 Å². The molecular formula is C24H32N2O2S. The standard InChI is InChI=1S/C24H32N2O2S/c1-21-8-5-9-22(20-21)26-18-16-25(17-19-26)15-7-14-24(12-6-13-24)29(27,28)23-10-3-2-4-11-23/h2-5,8-11,20H,6-7,12-19H2,1H3. The van der Waals surface area contributed by atoms with Crippen molar-refractivity contribution in [3.05, 3.63) is 60.2 Å². The van der Waals surface area contributed by atoms with Crippen molar-refractivity contribution < 1.29 is 8.42 Å². The SMILES string of the molecule is Cc1cccc(N2CCN(CCCC3(S(=O)(=O)c4ccccc4)CCC3)CC2)c1. The molecule has 156 valence electrons. The summed E-state index contributed by atoms with van der Waals surface area (Å²) in [5.41, 5.74) is 2.61. The lowest BCUT2D eigenvalue weighted by atomic mass is 9.81. The number of benzene rings is 2. The van der Waals surface area contributed by atoms with Gasteiger partial charge in [-0.3, -0.25) is 4.90 Å².